The monoisotopic (exact) mass is 388 g/mol. The maximum atomic E-state index is 12.6. The molecule has 0 unspecified atom stereocenters. The Morgan fingerprint density at radius 3 is 2.75 bits per heavy atom. The van der Waals surface area contributed by atoms with Crippen molar-refractivity contribution in [2.24, 2.45) is 5.92 Å². The van der Waals surface area contributed by atoms with E-state index in [0.717, 1.165) is 36.7 Å². The number of aromatic nitrogens is 2. The molecule has 7 heteroatoms. The molecule has 1 aliphatic carbocycles. The molecule has 1 aliphatic heterocycles. The maximum Gasteiger partial charge on any atom is 0.340 e. The lowest BCUT2D eigenvalue weighted by molar-refractivity contribution is -0.184. The molecule has 0 aromatic carbocycles. The summed E-state index contributed by atoms with van der Waals surface area (Å²) in [6.07, 6.45) is 5.39. The van der Waals surface area contributed by atoms with Crippen LogP contribution in [0.3, 0.4) is 0 Å². The number of fused-ring (bicyclic) bond motifs is 1. The second-order valence-electron chi connectivity index (χ2n) is 7.63. The van der Waals surface area contributed by atoms with E-state index in [4.69, 9.17) is 14.2 Å². The van der Waals surface area contributed by atoms with Crippen molar-refractivity contribution >= 4 is 17.0 Å². The second kappa shape index (κ2) is 7.81. The molecule has 4 rings (SSSR count). The average molecular weight is 388 g/mol. The predicted molar refractivity (Wildman–Crippen MR) is 103 cm³/mol. The lowest BCUT2D eigenvalue weighted by atomic mass is 9.81. The molecular formula is C21H28N2O5. The van der Waals surface area contributed by atoms with Crippen LogP contribution in [0.25, 0.3) is 11.0 Å². The van der Waals surface area contributed by atoms with Gasteiger partial charge in [0.15, 0.2) is 5.79 Å². The maximum absolute atomic E-state index is 12.6. The highest BCUT2D eigenvalue weighted by Crippen LogP contribution is 2.43. The van der Waals surface area contributed by atoms with Gasteiger partial charge in [0, 0.05) is 30.5 Å². The molecule has 1 saturated carbocycles. The first-order valence-electron chi connectivity index (χ1n) is 10.1. The van der Waals surface area contributed by atoms with Gasteiger partial charge in [0.05, 0.1) is 37.7 Å². The zero-order chi connectivity index (χ0) is 19.7. The zero-order valence-corrected chi connectivity index (χ0v) is 16.5. The van der Waals surface area contributed by atoms with Crippen LogP contribution in [0.2, 0.25) is 0 Å². The Morgan fingerprint density at radius 2 is 2.11 bits per heavy atom. The van der Waals surface area contributed by atoms with E-state index < -0.39 is 11.8 Å². The lowest BCUT2D eigenvalue weighted by Crippen LogP contribution is -2.37. The molecular weight excluding hydrogens is 360 g/mol. The molecule has 2 aromatic heterocycles. The quantitative estimate of drug-likeness (QED) is 0.792. The molecule has 2 aliphatic rings. The van der Waals surface area contributed by atoms with Crippen LogP contribution in [-0.2, 0) is 20.8 Å². The molecule has 1 atom stereocenters. The van der Waals surface area contributed by atoms with Crippen molar-refractivity contribution in [2.45, 2.75) is 58.0 Å². The third-order valence-corrected chi connectivity index (χ3v) is 6.19. The summed E-state index contributed by atoms with van der Waals surface area (Å²) in [5.41, 5.74) is 1.72. The fourth-order valence-electron chi connectivity index (χ4n) is 4.77. The summed E-state index contributed by atoms with van der Waals surface area (Å²) in [7, 11) is 0. The van der Waals surface area contributed by atoms with Crippen LogP contribution in [-0.4, -0.2) is 46.2 Å². The molecule has 2 aromatic rings. The van der Waals surface area contributed by atoms with Crippen molar-refractivity contribution in [3.8, 4) is 0 Å². The van der Waals surface area contributed by atoms with Gasteiger partial charge in [0.25, 0.3) is 0 Å². The summed E-state index contributed by atoms with van der Waals surface area (Å²) in [4.78, 5) is 17.1. The van der Waals surface area contributed by atoms with Crippen LogP contribution in [0.4, 0.5) is 0 Å². The minimum absolute atomic E-state index is 0.0847. The van der Waals surface area contributed by atoms with E-state index in [1.54, 1.807) is 19.2 Å². The largest absolute Gasteiger partial charge is 0.462 e. The minimum atomic E-state index is -0.411. The molecule has 3 heterocycles. The fraction of sp³-hybridized carbons (Fsp3) is 0.619. The highest BCUT2D eigenvalue weighted by Gasteiger charge is 2.42. The molecule has 7 nitrogen and oxygen atoms in total. The number of esters is 1. The zero-order valence-electron chi connectivity index (χ0n) is 16.5. The number of carbonyl (C=O) groups excluding carboxylic acids is 1. The fourth-order valence-corrected chi connectivity index (χ4v) is 4.77. The van der Waals surface area contributed by atoms with E-state index in [0.29, 0.717) is 30.4 Å². The third kappa shape index (κ3) is 3.21. The molecule has 1 N–H and O–H groups in total. The summed E-state index contributed by atoms with van der Waals surface area (Å²) in [6, 6.07) is 3.76. The molecule has 2 fully saturated rings. The second-order valence-corrected chi connectivity index (χ2v) is 7.63. The van der Waals surface area contributed by atoms with Gasteiger partial charge in [-0.15, -0.1) is 0 Å². The Labute approximate surface area is 164 Å². The Kier molecular flexibility index (Phi) is 5.40. The highest BCUT2D eigenvalue weighted by molar-refractivity contribution is 6.05. The molecule has 1 spiro atoms. The van der Waals surface area contributed by atoms with Gasteiger partial charge in [-0.05, 0) is 44.7 Å². The summed E-state index contributed by atoms with van der Waals surface area (Å²) in [5, 5.41) is 10.9. The van der Waals surface area contributed by atoms with Crippen molar-refractivity contribution in [2.75, 3.05) is 19.8 Å². The smallest absolute Gasteiger partial charge is 0.340 e. The van der Waals surface area contributed by atoms with Crippen LogP contribution in [0.5, 0.6) is 0 Å². The van der Waals surface area contributed by atoms with Gasteiger partial charge in [-0.1, -0.05) is 0 Å². The summed E-state index contributed by atoms with van der Waals surface area (Å²) < 4.78 is 19.0. The number of ether oxygens (including phenoxy) is 3. The van der Waals surface area contributed by atoms with E-state index in [-0.39, 0.29) is 19.3 Å². The Bertz CT molecular complexity index is 846. The van der Waals surface area contributed by atoms with Gasteiger partial charge >= 0.3 is 5.97 Å². The number of hydrogen-bond donors (Lipinski definition) is 1. The van der Waals surface area contributed by atoms with E-state index >= 15 is 0 Å². The Balaban J connectivity index is 1.69. The molecule has 152 valence electrons. The summed E-state index contributed by atoms with van der Waals surface area (Å²) >= 11 is 0. The number of rotatable bonds is 5. The molecule has 28 heavy (non-hydrogen) atoms. The van der Waals surface area contributed by atoms with Gasteiger partial charge in [0.2, 0.25) is 0 Å². The van der Waals surface area contributed by atoms with E-state index in [2.05, 4.69) is 11.9 Å². The van der Waals surface area contributed by atoms with Crippen LogP contribution in [0.15, 0.2) is 18.3 Å². The van der Waals surface area contributed by atoms with E-state index in [1.807, 2.05) is 10.6 Å². The Hall–Kier alpha value is -1.96. The van der Waals surface area contributed by atoms with Crippen molar-refractivity contribution < 1.29 is 24.1 Å². The Morgan fingerprint density at radius 1 is 1.39 bits per heavy atom. The minimum Gasteiger partial charge on any atom is -0.462 e. The van der Waals surface area contributed by atoms with E-state index in [9.17, 15) is 9.90 Å². The first-order chi connectivity index (χ1) is 13.6. The van der Waals surface area contributed by atoms with E-state index in [1.165, 1.54) is 0 Å². The van der Waals surface area contributed by atoms with Gasteiger partial charge in [-0.2, -0.15) is 0 Å². The van der Waals surface area contributed by atoms with Crippen molar-refractivity contribution in [3.63, 3.8) is 0 Å². The molecule has 0 bridgehead atoms. The van der Waals surface area contributed by atoms with Crippen LogP contribution in [0, 0.1) is 5.92 Å². The first kappa shape index (κ1) is 19.4. The highest BCUT2D eigenvalue weighted by atomic mass is 16.7. The van der Waals surface area contributed by atoms with Crippen molar-refractivity contribution in [1.29, 1.82) is 0 Å². The number of carbonyl (C=O) groups is 1. The molecule has 0 radical (unpaired) electrons. The van der Waals surface area contributed by atoms with Gasteiger partial charge in [0.1, 0.15) is 5.65 Å². The topological polar surface area (TPSA) is 82.8 Å². The number of aliphatic hydroxyl groups is 1. The number of hydrogen-bond acceptors (Lipinski definition) is 6. The molecule has 0 amide bonds. The third-order valence-electron chi connectivity index (χ3n) is 6.19. The summed E-state index contributed by atoms with van der Waals surface area (Å²) in [5.74, 6) is -0.425. The SMILES string of the molecule is CCOC(=O)c1c(CO)n([C@H](C)C2CCC3(CC2)OCCO3)c2ncccc12. The van der Waals surface area contributed by atoms with Crippen LogP contribution < -0.4 is 0 Å². The van der Waals surface area contributed by atoms with Crippen molar-refractivity contribution in [1.82, 2.24) is 9.55 Å². The lowest BCUT2D eigenvalue weighted by Gasteiger charge is -2.38. The van der Waals surface area contributed by atoms with Gasteiger partial charge in [-0.25, -0.2) is 9.78 Å². The summed E-state index contributed by atoms with van der Waals surface area (Å²) in [6.45, 7) is 5.31. The van der Waals surface area contributed by atoms with Gasteiger partial charge in [-0.3, -0.25) is 0 Å². The standard InChI is InChI=1S/C21H28N2O5/c1-3-26-20(25)18-16-5-4-10-22-19(16)23(17(18)13-24)14(2)15-6-8-21(9-7-15)27-11-12-28-21/h4-5,10,14-15,24H,3,6-9,11-13H2,1-2H3/t14-/m1/s1. The van der Waals surface area contributed by atoms with Crippen LogP contribution >= 0.6 is 0 Å². The van der Waals surface area contributed by atoms with Gasteiger partial charge < -0.3 is 23.9 Å². The first-order valence-corrected chi connectivity index (χ1v) is 10.1. The molecule has 1 saturated heterocycles. The normalized spacial score (nSPS) is 20.7. The predicted octanol–water partition coefficient (Wildman–Crippen LogP) is 3.20. The van der Waals surface area contributed by atoms with Crippen molar-refractivity contribution in [3.05, 3.63) is 29.6 Å². The number of nitrogens with zero attached hydrogens (tertiary/aromatic N) is 2. The number of pyridine rings is 1. The van der Waals surface area contributed by atoms with Crippen LogP contribution in [0.1, 0.15) is 61.6 Å². The average Bonchev–Trinajstić information content (AvgIpc) is 3.30. The number of aliphatic hydroxyl groups excluding tert-OH is 1.